The second-order valence-electron chi connectivity index (χ2n) is 9.15. The average molecular weight is 462 g/mol. The summed E-state index contributed by atoms with van der Waals surface area (Å²) in [5.74, 6) is 1.31. The van der Waals surface area contributed by atoms with Gasteiger partial charge in [-0.1, -0.05) is 49.6 Å². The zero-order valence-corrected chi connectivity index (χ0v) is 19.3. The van der Waals surface area contributed by atoms with Crippen molar-refractivity contribution in [2.24, 2.45) is 0 Å². The molecule has 178 valence electrons. The summed E-state index contributed by atoms with van der Waals surface area (Å²) in [7, 11) is 0. The average Bonchev–Trinajstić information content (AvgIpc) is 2.87. The third-order valence-corrected chi connectivity index (χ3v) is 6.68. The van der Waals surface area contributed by atoms with Crippen molar-refractivity contribution in [1.82, 2.24) is 15.2 Å². The standard InChI is InChI=1S/C27H31N3O4/c31-26-21(15-20-16-24-25(17-23(20)29-26)34-14-13-33-24)18-30(12-11-19-7-3-1-4-8-19)27(32)28-22-9-5-2-6-10-22/h1,3-4,7-8,15-17,22H,2,5-6,9-14,18H2,(H,28,32)(H,29,31). The topological polar surface area (TPSA) is 83.7 Å². The van der Waals surface area contributed by atoms with E-state index in [1.54, 1.807) is 11.0 Å². The van der Waals surface area contributed by atoms with Crippen LogP contribution in [0.15, 0.2) is 53.3 Å². The number of carbonyl (C=O) groups excluding carboxylic acids is 1. The zero-order chi connectivity index (χ0) is 23.3. The number of hydrogen-bond donors (Lipinski definition) is 2. The molecule has 0 atom stereocenters. The molecule has 7 heteroatoms. The van der Waals surface area contributed by atoms with Gasteiger partial charge in [0.25, 0.3) is 5.56 Å². The molecule has 2 N–H and O–H groups in total. The molecule has 0 unspecified atom stereocenters. The first-order valence-electron chi connectivity index (χ1n) is 12.2. The van der Waals surface area contributed by atoms with Crippen LogP contribution >= 0.6 is 0 Å². The second kappa shape index (κ2) is 10.2. The van der Waals surface area contributed by atoms with Crippen molar-refractivity contribution < 1.29 is 14.3 Å². The monoisotopic (exact) mass is 461 g/mol. The van der Waals surface area contributed by atoms with Crippen LogP contribution in [0.4, 0.5) is 4.79 Å². The van der Waals surface area contributed by atoms with Gasteiger partial charge < -0.3 is 24.7 Å². The van der Waals surface area contributed by atoms with Crippen LogP contribution in [-0.2, 0) is 13.0 Å². The predicted octanol–water partition coefficient (Wildman–Crippen LogP) is 4.39. The van der Waals surface area contributed by atoms with Gasteiger partial charge >= 0.3 is 6.03 Å². The van der Waals surface area contributed by atoms with Crippen molar-refractivity contribution in [2.75, 3.05) is 19.8 Å². The molecule has 2 aliphatic rings. The minimum Gasteiger partial charge on any atom is -0.486 e. The highest BCUT2D eigenvalue weighted by Crippen LogP contribution is 2.33. The van der Waals surface area contributed by atoms with E-state index in [0.717, 1.165) is 43.1 Å². The molecule has 5 rings (SSSR count). The summed E-state index contributed by atoms with van der Waals surface area (Å²) in [6.45, 7) is 1.77. The summed E-state index contributed by atoms with van der Waals surface area (Å²) in [6.07, 6.45) is 6.28. The number of hydrogen-bond acceptors (Lipinski definition) is 4. The van der Waals surface area contributed by atoms with Crippen LogP contribution < -0.4 is 20.3 Å². The summed E-state index contributed by atoms with van der Waals surface area (Å²) in [5, 5.41) is 4.07. The fourth-order valence-corrected chi connectivity index (χ4v) is 4.79. The van der Waals surface area contributed by atoms with E-state index in [1.165, 1.54) is 6.42 Å². The Morgan fingerprint density at radius 3 is 2.50 bits per heavy atom. The number of aromatic nitrogens is 1. The van der Waals surface area contributed by atoms with E-state index in [2.05, 4.69) is 22.4 Å². The largest absolute Gasteiger partial charge is 0.486 e. The number of urea groups is 1. The van der Waals surface area contributed by atoms with Crippen molar-refractivity contribution in [3.63, 3.8) is 0 Å². The number of benzene rings is 2. The highest BCUT2D eigenvalue weighted by Gasteiger charge is 2.22. The van der Waals surface area contributed by atoms with E-state index in [9.17, 15) is 9.59 Å². The van der Waals surface area contributed by atoms with Gasteiger partial charge in [-0.2, -0.15) is 0 Å². The lowest BCUT2D eigenvalue weighted by atomic mass is 9.96. The van der Waals surface area contributed by atoms with Crippen molar-refractivity contribution in [3.05, 3.63) is 70.0 Å². The van der Waals surface area contributed by atoms with Gasteiger partial charge in [0.1, 0.15) is 13.2 Å². The first-order chi connectivity index (χ1) is 16.7. The third-order valence-electron chi connectivity index (χ3n) is 6.68. The fraction of sp³-hybridized carbons (Fsp3) is 0.407. The Labute approximate surface area is 199 Å². The number of ether oxygens (including phenoxy) is 2. The van der Waals surface area contributed by atoms with Crippen LogP contribution in [0, 0.1) is 0 Å². The van der Waals surface area contributed by atoms with Crippen LogP contribution in [0.5, 0.6) is 11.5 Å². The molecule has 1 aromatic heterocycles. The number of amides is 2. The number of pyridine rings is 1. The molecule has 1 fully saturated rings. The predicted molar refractivity (Wildman–Crippen MR) is 132 cm³/mol. The molecule has 34 heavy (non-hydrogen) atoms. The SMILES string of the molecule is O=C(NC1CCCCC1)N(CCc1ccccc1)Cc1cc2cc3c(cc2[nH]c1=O)OCCO3. The van der Waals surface area contributed by atoms with Crippen LogP contribution in [0.2, 0.25) is 0 Å². The molecular formula is C27H31N3O4. The number of aromatic amines is 1. The molecule has 2 heterocycles. The minimum atomic E-state index is -0.195. The van der Waals surface area contributed by atoms with Gasteiger partial charge in [-0.3, -0.25) is 4.79 Å². The Balaban J connectivity index is 1.38. The maximum Gasteiger partial charge on any atom is 0.317 e. The summed E-state index contributed by atoms with van der Waals surface area (Å²) in [4.78, 5) is 30.9. The minimum absolute atomic E-state index is 0.107. The van der Waals surface area contributed by atoms with Crippen LogP contribution in [-0.4, -0.2) is 41.7 Å². The summed E-state index contributed by atoms with van der Waals surface area (Å²) in [6, 6.07) is 15.8. The molecular weight excluding hydrogens is 430 g/mol. The van der Waals surface area contributed by atoms with E-state index < -0.39 is 0 Å². The second-order valence-corrected chi connectivity index (χ2v) is 9.15. The first kappa shape index (κ1) is 22.3. The van der Waals surface area contributed by atoms with Gasteiger partial charge in [0.2, 0.25) is 0 Å². The van der Waals surface area contributed by atoms with E-state index >= 15 is 0 Å². The highest BCUT2D eigenvalue weighted by molar-refractivity contribution is 5.83. The summed E-state index contributed by atoms with van der Waals surface area (Å²) in [5.41, 5.74) is 2.21. The van der Waals surface area contributed by atoms with Crippen molar-refractivity contribution in [2.45, 2.75) is 51.1 Å². The van der Waals surface area contributed by atoms with E-state index in [-0.39, 0.29) is 24.2 Å². The van der Waals surface area contributed by atoms with Crippen LogP contribution in [0.3, 0.4) is 0 Å². The number of nitrogens with one attached hydrogen (secondary N) is 2. The van der Waals surface area contributed by atoms with E-state index in [1.807, 2.05) is 30.3 Å². The number of fused-ring (bicyclic) bond motifs is 2. The smallest absolute Gasteiger partial charge is 0.317 e. The molecule has 0 saturated heterocycles. The first-order valence-corrected chi connectivity index (χ1v) is 12.2. The van der Waals surface area contributed by atoms with Gasteiger partial charge in [-0.25, -0.2) is 4.79 Å². The van der Waals surface area contributed by atoms with Crippen molar-refractivity contribution in [1.29, 1.82) is 0 Å². The molecule has 2 amide bonds. The lowest BCUT2D eigenvalue weighted by Gasteiger charge is -2.28. The van der Waals surface area contributed by atoms with Crippen LogP contribution in [0.25, 0.3) is 10.9 Å². The fourth-order valence-electron chi connectivity index (χ4n) is 4.79. The van der Waals surface area contributed by atoms with E-state index in [0.29, 0.717) is 42.3 Å². The number of H-pyrrole nitrogens is 1. The van der Waals surface area contributed by atoms with Crippen molar-refractivity contribution in [3.8, 4) is 11.5 Å². The van der Waals surface area contributed by atoms with Gasteiger partial charge in [0, 0.05) is 29.6 Å². The molecule has 0 spiro atoms. The molecule has 0 bridgehead atoms. The maximum absolute atomic E-state index is 13.3. The number of carbonyl (C=O) groups is 1. The van der Waals surface area contributed by atoms with Crippen LogP contribution in [0.1, 0.15) is 43.2 Å². The molecule has 0 radical (unpaired) electrons. The molecule has 7 nitrogen and oxygen atoms in total. The quantitative estimate of drug-likeness (QED) is 0.570. The Hall–Kier alpha value is -3.48. The Morgan fingerprint density at radius 2 is 1.74 bits per heavy atom. The third kappa shape index (κ3) is 5.19. The lowest BCUT2D eigenvalue weighted by Crippen LogP contribution is -2.46. The van der Waals surface area contributed by atoms with Gasteiger partial charge in [0.05, 0.1) is 12.1 Å². The van der Waals surface area contributed by atoms with Crippen molar-refractivity contribution >= 4 is 16.9 Å². The summed E-state index contributed by atoms with van der Waals surface area (Å²) < 4.78 is 11.3. The normalized spacial score (nSPS) is 15.8. The zero-order valence-electron chi connectivity index (χ0n) is 19.3. The number of nitrogens with zero attached hydrogens (tertiary/aromatic N) is 1. The summed E-state index contributed by atoms with van der Waals surface area (Å²) >= 11 is 0. The molecule has 1 aliphatic heterocycles. The maximum atomic E-state index is 13.3. The van der Waals surface area contributed by atoms with E-state index in [4.69, 9.17) is 9.47 Å². The Kier molecular flexibility index (Phi) is 6.70. The molecule has 1 aliphatic carbocycles. The molecule has 1 saturated carbocycles. The highest BCUT2D eigenvalue weighted by atomic mass is 16.6. The van der Waals surface area contributed by atoms with Gasteiger partial charge in [-0.05, 0) is 37.0 Å². The number of rotatable bonds is 6. The van der Waals surface area contributed by atoms with Gasteiger partial charge in [0.15, 0.2) is 11.5 Å². The van der Waals surface area contributed by atoms with Gasteiger partial charge in [-0.15, -0.1) is 0 Å². The molecule has 2 aromatic carbocycles. The Morgan fingerprint density at radius 1 is 1.00 bits per heavy atom. The Bertz CT molecular complexity index is 1200. The molecule has 3 aromatic rings. The lowest BCUT2D eigenvalue weighted by molar-refractivity contribution is 0.172.